The van der Waals surface area contributed by atoms with Gasteiger partial charge in [-0.1, -0.05) is 13.8 Å². The number of aromatic nitrogens is 2. The molecule has 15 heavy (non-hydrogen) atoms. The van der Waals surface area contributed by atoms with Crippen LogP contribution in [0.5, 0.6) is 0 Å². The Morgan fingerprint density at radius 3 is 2.80 bits per heavy atom. The molecule has 1 heterocycles. The highest BCUT2D eigenvalue weighted by atomic mass is 16.3. The molecule has 0 saturated heterocycles. The minimum absolute atomic E-state index is 0.0549. The van der Waals surface area contributed by atoms with E-state index >= 15 is 0 Å². The van der Waals surface area contributed by atoms with Gasteiger partial charge in [-0.05, 0) is 12.0 Å². The van der Waals surface area contributed by atoms with E-state index in [-0.39, 0.29) is 19.1 Å². The number of nitrogens with one attached hydrogen (secondary N) is 1. The lowest BCUT2D eigenvalue weighted by molar-refractivity contribution is 0.0935. The van der Waals surface area contributed by atoms with Gasteiger partial charge < -0.3 is 10.4 Å². The normalized spacial score (nSPS) is 10.7. The molecule has 0 aromatic carbocycles. The van der Waals surface area contributed by atoms with Crippen LogP contribution in [-0.4, -0.2) is 33.9 Å². The maximum atomic E-state index is 11.6. The first kappa shape index (κ1) is 11.7. The van der Waals surface area contributed by atoms with Gasteiger partial charge in [-0.3, -0.25) is 9.48 Å². The van der Waals surface area contributed by atoms with Gasteiger partial charge in [0.2, 0.25) is 0 Å². The summed E-state index contributed by atoms with van der Waals surface area (Å²) in [6.45, 7) is 4.26. The Kier molecular flexibility index (Phi) is 3.85. The number of carbonyl (C=O) groups is 1. The number of aliphatic hydroxyl groups excluding tert-OH is 1. The van der Waals surface area contributed by atoms with Crippen molar-refractivity contribution in [3.63, 3.8) is 0 Å². The second-order valence-electron chi connectivity index (χ2n) is 3.71. The van der Waals surface area contributed by atoms with Gasteiger partial charge in [0.15, 0.2) is 0 Å². The number of hydrogen-bond acceptors (Lipinski definition) is 3. The summed E-state index contributed by atoms with van der Waals surface area (Å²) in [5.41, 5.74) is 1.42. The van der Waals surface area contributed by atoms with E-state index in [1.54, 1.807) is 17.8 Å². The highest BCUT2D eigenvalue weighted by Crippen LogP contribution is 2.13. The van der Waals surface area contributed by atoms with Crippen molar-refractivity contribution in [2.75, 3.05) is 13.2 Å². The molecular formula is C10H17N3O2. The second kappa shape index (κ2) is 4.93. The molecular weight excluding hydrogens is 194 g/mol. The van der Waals surface area contributed by atoms with E-state index in [9.17, 15) is 4.79 Å². The van der Waals surface area contributed by atoms with E-state index in [2.05, 4.69) is 10.4 Å². The Morgan fingerprint density at radius 1 is 1.67 bits per heavy atom. The summed E-state index contributed by atoms with van der Waals surface area (Å²) in [6, 6.07) is 1.78. The van der Waals surface area contributed by atoms with Gasteiger partial charge >= 0.3 is 0 Å². The Hall–Kier alpha value is -1.36. The predicted octanol–water partition coefficient (Wildman–Crippen LogP) is 0.266. The molecule has 0 bridgehead atoms. The van der Waals surface area contributed by atoms with Crippen LogP contribution >= 0.6 is 0 Å². The lowest BCUT2D eigenvalue weighted by Gasteiger charge is -2.01. The molecule has 0 radical (unpaired) electrons. The van der Waals surface area contributed by atoms with Gasteiger partial charge in [0.1, 0.15) is 5.69 Å². The summed E-state index contributed by atoms with van der Waals surface area (Å²) in [7, 11) is 1.74. The van der Waals surface area contributed by atoms with Crippen LogP contribution in [0, 0.1) is 0 Å². The second-order valence-corrected chi connectivity index (χ2v) is 3.71. The first-order valence-corrected chi connectivity index (χ1v) is 4.99. The lowest BCUT2D eigenvalue weighted by Crippen LogP contribution is -2.28. The molecule has 0 aliphatic carbocycles. The highest BCUT2D eigenvalue weighted by Gasteiger charge is 2.13. The number of nitrogens with zero attached hydrogens (tertiary/aromatic N) is 2. The molecule has 0 atom stereocenters. The van der Waals surface area contributed by atoms with E-state index in [0.29, 0.717) is 11.6 Å². The van der Waals surface area contributed by atoms with Crippen LogP contribution in [0.1, 0.15) is 35.9 Å². The van der Waals surface area contributed by atoms with Gasteiger partial charge in [0.25, 0.3) is 5.91 Å². The van der Waals surface area contributed by atoms with Crippen LogP contribution in [0.25, 0.3) is 0 Å². The summed E-state index contributed by atoms with van der Waals surface area (Å²) in [4.78, 5) is 11.6. The van der Waals surface area contributed by atoms with E-state index < -0.39 is 0 Å². The van der Waals surface area contributed by atoms with E-state index in [1.165, 1.54) is 0 Å². The molecule has 2 N–H and O–H groups in total. The van der Waals surface area contributed by atoms with Crippen molar-refractivity contribution >= 4 is 5.91 Å². The molecule has 1 amide bonds. The molecule has 5 heteroatoms. The largest absolute Gasteiger partial charge is 0.395 e. The first-order chi connectivity index (χ1) is 7.06. The van der Waals surface area contributed by atoms with Gasteiger partial charge in [-0.15, -0.1) is 0 Å². The summed E-state index contributed by atoms with van der Waals surface area (Å²) in [6.07, 6.45) is 0. The molecule has 5 nitrogen and oxygen atoms in total. The van der Waals surface area contributed by atoms with Crippen LogP contribution in [0.2, 0.25) is 0 Å². The summed E-state index contributed by atoms with van der Waals surface area (Å²) < 4.78 is 1.56. The molecule has 1 rings (SSSR count). The topological polar surface area (TPSA) is 67.2 Å². The maximum absolute atomic E-state index is 11.6. The Morgan fingerprint density at radius 2 is 2.33 bits per heavy atom. The fraction of sp³-hybridized carbons (Fsp3) is 0.600. The first-order valence-electron chi connectivity index (χ1n) is 4.99. The zero-order valence-corrected chi connectivity index (χ0v) is 9.32. The number of amides is 1. The average molecular weight is 211 g/mol. The zero-order valence-electron chi connectivity index (χ0n) is 9.32. The van der Waals surface area contributed by atoms with Gasteiger partial charge in [0, 0.05) is 13.6 Å². The molecule has 84 valence electrons. The fourth-order valence-electron chi connectivity index (χ4n) is 1.24. The molecule has 1 aromatic rings. The standard InChI is InChI=1S/C10H17N3O2/c1-7(2)8-6-9(13(3)12-8)10(15)11-4-5-14/h6-7,14H,4-5H2,1-3H3,(H,11,15). The van der Waals surface area contributed by atoms with Crippen LogP contribution in [-0.2, 0) is 7.05 Å². The zero-order chi connectivity index (χ0) is 11.4. The predicted molar refractivity (Wildman–Crippen MR) is 56.7 cm³/mol. The monoisotopic (exact) mass is 211 g/mol. The number of carbonyl (C=O) groups excluding carboxylic acids is 1. The van der Waals surface area contributed by atoms with Crippen molar-refractivity contribution in [3.05, 3.63) is 17.5 Å². The van der Waals surface area contributed by atoms with Crippen molar-refractivity contribution in [2.24, 2.45) is 7.05 Å². The smallest absolute Gasteiger partial charge is 0.269 e. The number of aryl methyl sites for hydroxylation is 1. The van der Waals surface area contributed by atoms with Crippen molar-refractivity contribution in [3.8, 4) is 0 Å². The molecule has 0 unspecified atom stereocenters. The van der Waals surface area contributed by atoms with Gasteiger partial charge in [0.05, 0.1) is 12.3 Å². The maximum Gasteiger partial charge on any atom is 0.269 e. The van der Waals surface area contributed by atoms with Crippen molar-refractivity contribution in [2.45, 2.75) is 19.8 Å². The number of aliphatic hydroxyl groups is 1. The van der Waals surface area contributed by atoms with E-state index in [1.807, 2.05) is 13.8 Å². The molecule has 0 aliphatic heterocycles. The Bertz CT molecular complexity index is 344. The summed E-state index contributed by atoms with van der Waals surface area (Å²) >= 11 is 0. The SMILES string of the molecule is CC(C)c1cc(C(=O)NCCO)n(C)n1. The molecule has 1 aromatic heterocycles. The Balaban J connectivity index is 2.80. The molecule has 0 fully saturated rings. The van der Waals surface area contributed by atoms with Crippen LogP contribution in [0.15, 0.2) is 6.07 Å². The van der Waals surface area contributed by atoms with Crippen molar-refractivity contribution < 1.29 is 9.90 Å². The quantitative estimate of drug-likeness (QED) is 0.751. The van der Waals surface area contributed by atoms with E-state index in [4.69, 9.17) is 5.11 Å². The summed E-state index contributed by atoms with van der Waals surface area (Å²) in [5.74, 6) is 0.0986. The number of rotatable bonds is 4. The minimum Gasteiger partial charge on any atom is -0.395 e. The van der Waals surface area contributed by atoms with E-state index in [0.717, 1.165) is 5.69 Å². The molecule has 0 aliphatic rings. The summed E-state index contributed by atoms with van der Waals surface area (Å²) in [5, 5.41) is 15.4. The van der Waals surface area contributed by atoms with Crippen molar-refractivity contribution in [1.29, 1.82) is 0 Å². The lowest BCUT2D eigenvalue weighted by atomic mass is 10.1. The van der Waals surface area contributed by atoms with Gasteiger partial charge in [-0.25, -0.2) is 0 Å². The Labute approximate surface area is 89.1 Å². The highest BCUT2D eigenvalue weighted by molar-refractivity contribution is 5.92. The number of hydrogen-bond donors (Lipinski definition) is 2. The third-order valence-corrected chi connectivity index (χ3v) is 2.12. The average Bonchev–Trinajstić information content (AvgIpc) is 2.57. The third kappa shape index (κ3) is 2.79. The van der Waals surface area contributed by atoms with Crippen LogP contribution < -0.4 is 5.32 Å². The van der Waals surface area contributed by atoms with Crippen molar-refractivity contribution in [1.82, 2.24) is 15.1 Å². The third-order valence-electron chi connectivity index (χ3n) is 2.12. The van der Waals surface area contributed by atoms with Gasteiger partial charge in [-0.2, -0.15) is 5.10 Å². The fourth-order valence-corrected chi connectivity index (χ4v) is 1.24. The molecule has 0 saturated carbocycles. The molecule has 0 spiro atoms. The van der Waals surface area contributed by atoms with Crippen LogP contribution in [0.3, 0.4) is 0 Å². The minimum atomic E-state index is -0.203. The van der Waals surface area contributed by atoms with Crippen LogP contribution in [0.4, 0.5) is 0 Å².